The summed E-state index contributed by atoms with van der Waals surface area (Å²) >= 11 is 1.60. The summed E-state index contributed by atoms with van der Waals surface area (Å²) in [7, 11) is 1.61. The third-order valence-corrected chi connectivity index (χ3v) is 4.22. The van der Waals surface area contributed by atoms with Gasteiger partial charge < -0.3 is 16.0 Å². The van der Waals surface area contributed by atoms with Crippen molar-refractivity contribution in [3.8, 4) is 0 Å². The van der Waals surface area contributed by atoms with Gasteiger partial charge in [0.1, 0.15) is 5.82 Å². The Morgan fingerprint density at radius 1 is 1.21 bits per heavy atom. The van der Waals surface area contributed by atoms with E-state index in [2.05, 4.69) is 25.9 Å². The molecule has 124 valence electrons. The van der Waals surface area contributed by atoms with Crippen molar-refractivity contribution in [1.82, 2.24) is 15.3 Å². The lowest BCUT2D eigenvalue weighted by Crippen LogP contribution is -2.21. The average molecular weight is 341 g/mol. The Morgan fingerprint density at radius 2 is 2.04 bits per heavy atom. The highest BCUT2D eigenvalue weighted by Gasteiger charge is 2.13. The van der Waals surface area contributed by atoms with Crippen LogP contribution in [0.3, 0.4) is 0 Å². The molecular weight excluding hydrogens is 322 g/mol. The molecule has 3 N–H and O–H groups in total. The molecule has 2 heterocycles. The van der Waals surface area contributed by atoms with Crippen molar-refractivity contribution in [3.05, 3.63) is 41.5 Å². The van der Waals surface area contributed by atoms with Crippen LogP contribution in [0.2, 0.25) is 0 Å². The molecule has 0 atom stereocenters. The van der Waals surface area contributed by atoms with Gasteiger partial charge in [-0.3, -0.25) is 4.79 Å². The van der Waals surface area contributed by atoms with E-state index in [-0.39, 0.29) is 11.9 Å². The minimum atomic E-state index is -0.164. The molecule has 0 aliphatic carbocycles. The second-order valence-corrected chi connectivity index (χ2v) is 6.54. The van der Waals surface area contributed by atoms with E-state index < -0.39 is 0 Å². The Bertz CT molecular complexity index is 874. The zero-order chi connectivity index (χ0) is 17.1. The first-order valence-corrected chi connectivity index (χ1v) is 8.53. The van der Waals surface area contributed by atoms with Crippen molar-refractivity contribution in [1.29, 1.82) is 0 Å². The van der Waals surface area contributed by atoms with Gasteiger partial charge in [0.05, 0.1) is 27.0 Å². The van der Waals surface area contributed by atoms with Crippen molar-refractivity contribution in [2.75, 3.05) is 17.7 Å². The maximum atomic E-state index is 12.0. The molecule has 3 rings (SSSR count). The van der Waals surface area contributed by atoms with E-state index >= 15 is 0 Å². The van der Waals surface area contributed by atoms with Crippen molar-refractivity contribution in [2.24, 2.45) is 0 Å². The monoisotopic (exact) mass is 341 g/mol. The number of carbonyl (C=O) groups excluding carboxylic acids is 1. The number of carbonyl (C=O) groups is 1. The third kappa shape index (κ3) is 3.46. The van der Waals surface area contributed by atoms with Gasteiger partial charge >= 0.3 is 0 Å². The van der Waals surface area contributed by atoms with Crippen LogP contribution in [0.1, 0.15) is 24.2 Å². The first kappa shape index (κ1) is 16.2. The summed E-state index contributed by atoms with van der Waals surface area (Å²) in [5, 5.41) is 9.21. The summed E-state index contributed by atoms with van der Waals surface area (Å²) in [6.45, 7) is 4.05. The van der Waals surface area contributed by atoms with E-state index in [4.69, 9.17) is 0 Å². The Kier molecular flexibility index (Phi) is 4.61. The smallest absolute Gasteiger partial charge is 0.254 e. The maximum Gasteiger partial charge on any atom is 0.254 e. The number of aromatic nitrogens is 2. The molecular formula is C17H19N5OS. The zero-order valence-corrected chi connectivity index (χ0v) is 14.6. The van der Waals surface area contributed by atoms with Gasteiger partial charge in [-0.2, -0.15) is 0 Å². The Morgan fingerprint density at radius 3 is 2.79 bits per heavy atom. The SMILES string of the molecule is CNC(=O)c1cnc(Nc2ccc3ncsc3c2)cc1NC(C)C. The van der Waals surface area contributed by atoms with Crippen molar-refractivity contribution < 1.29 is 4.79 Å². The Labute approximate surface area is 144 Å². The topological polar surface area (TPSA) is 78.9 Å². The van der Waals surface area contributed by atoms with Gasteiger partial charge in [0.15, 0.2) is 0 Å². The molecule has 0 saturated carbocycles. The molecule has 0 spiro atoms. The van der Waals surface area contributed by atoms with Gasteiger partial charge in [-0.25, -0.2) is 9.97 Å². The van der Waals surface area contributed by atoms with Crippen LogP contribution in [0, 0.1) is 0 Å². The highest BCUT2D eigenvalue weighted by Crippen LogP contribution is 2.26. The quantitative estimate of drug-likeness (QED) is 0.661. The van der Waals surface area contributed by atoms with Gasteiger partial charge in [-0.05, 0) is 32.0 Å². The molecule has 1 amide bonds. The van der Waals surface area contributed by atoms with Crippen molar-refractivity contribution in [3.63, 3.8) is 0 Å². The fourth-order valence-electron chi connectivity index (χ4n) is 2.35. The molecule has 24 heavy (non-hydrogen) atoms. The minimum absolute atomic E-state index is 0.164. The van der Waals surface area contributed by atoms with E-state index in [1.807, 2.05) is 43.6 Å². The summed E-state index contributed by atoms with van der Waals surface area (Å²) in [4.78, 5) is 20.6. The predicted octanol–water partition coefficient (Wildman–Crippen LogP) is 3.61. The number of nitrogens with zero attached hydrogens (tertiary/aromatic N) is 2. The third-order valence-electron chi connectivity index (χ3n) is 3.42. The maximum absolute atomic E-state index is 12.0. The number of hydrogen-bond donors (Lipinski definition) is 3. The molecule has 3 aromatic rings. The van der Waals surface area contributed by atoms with Crippen LogP contribution in [0.25, 0.3) is 10.2 Å². The largest absolute Gasteiger partial charge is 0.382 e. The fourth-order valence-corrected chi connectivity index (χ4v) is 3.07. The highest BCUT2D eigenvalue weighted by molar-refractivity contribution is 7.16. The summed E-state index contributed by atoms with van der Waals surface area (Å²) in [6, 6.07) is 8.03. The number of nitrogens with one attached hydrogen (secondary N) is 3. The Hall–Kier alpha value is -2.67. The molecule has 0 aliphatic heterocycles. The van der Waals surface area contributed by atoms with Gasteiger partial charge in [0.2, 0.25) is 0 Å². The van der Waals surface area contributed by atoms with Gasteiger partial charge in [-0.15, -0.1) is 11.3 Å². The second kappa shape index (κ2) is 6.84. The number of fused-ring (bicyclic) bond motifs is 1. The molecule has 0 radical (unpaired) electrons. The standard InChI is InChI=1S/C17H19N5OS/c1-10(2)21-14-7-16(19-8-12(14)17(23)18-3)22-11-4-5-13-15(6-11)24-9-20-13/h4-10H,1-3H3,(H,18,23)(H2,19,21,22). The number of hydrogen-bond acceptors (Lipinski definition) is 6. The van der Waals surface area contributed by atoms with E-state index in [0.717, 1.165) is 21.6 Å². The van der Waals surface area contributed by atoms with Crippen molar-refractivity contribution >= 4 is 44.7 Å². The van der Waals surface area contributed by atoms with Crippen LogP contribution >= 0.6 is 11.3 Å². The second-order valence-electron chi connectivity index (χ2n) is 5.65. The van der Waals surface area contributed by atoms with Crippen LogP contribution in [-0.4, -0.2) is 29.0 Å². The normalized spacial score (nSPS) is 10.8. The van der Waals surface area contributed by atoms with Gasteiger partial charge in [0, 0.05) is 31.0 Å². The van der Waals surface area contributed by atoms with E-state index in [9.17, 15) is 4.79 Å². The lowest BCUT2D eigenvalue weighted by molar-refractivity contribution is 0.0963. The molecule has 0 saturated heterocycles. The molecule has 1 aromatic carbocycles. The number of rotatable bonds is 5. The Balaban J connectivity index is 1.90. The predicted molar refractivity (Wildman–Crippen MR) is 99.3 cm³/mol. The first-order chi connectivity index (χ1) is 11.6. The number of benzene rings is 1. The summed E-state index contributed by atoms with van der Waals surface area (Å²) in [5.74, 6) is 0.512. The molecule has 0 aliphatic rings. The van der Waals surface area contributed by atoms with Gasteiger partial charge in [0.25, 0.3) is 5.91 Å². The highest BCUT2D eigenvalue weighted by atomic mass is 32.1. The number of anilines is 3. The van der Waals surface area contributed by atoms with Crippen LogP contribution in [0.5, 0.6) is 0 Å². The molecule has 0 bridgehead atoms. The van der Waals surface area contributed by atoms with Crippen LogP contribution < -0.4 is 16.0 Å². The molecule has 6 nitrogen and oxygen atoms in total. The lowest BCUT2D eigenvalue weighted by Gasteiger charge is -2.15. The van der Waals surface area contributed by atoms with E-state index in [1.165, 1.54) is 0 Å². The number of pyridine rings is 1. The number of amides is 1. The fraction of sp³-hybridized carbons (Fsp3) is 0.235. The van der Waals surface area contributed by atoms with Gasteiger partial charge in [-0.1, -0.05) is 0 Å². The molecule has 0 fully saturated rings. The van der Waals surface area contributed by atoms with Crippen LogP contribution in [0.4, 0.5) is 17.2 Å². The summed E-state index contributed by atoms with van der Waals surface area (Å²) < 4.78 is 1.11. The van der Waals surface area contributed by atoms with Crippen molar-refractivity contribution in [2.45, 2.75) is 19.9 Å². The first-order valence-electron chi connectivity index (χ1n) is 7.65. The average Bonchev–Trinajstić information content (AvgIpc) is 3.01. The molecule has 0 unspecified atom stereocenters. The molecule has 2 aromatic heterocycles. The zero-order valence-electron chi connectivity index (χ0n) is 13.8. The summed E-state index contributed by atoms with van der Waals surface area (Å²) in [5.41, 5.74) is 5.02. The minimum Gasteiger partial charge on any atom is -0.382 e. The molecule has 7 heteroatoms. The van der Waals surface area contributed by atoms with Crippen LogP contribution in [0.15, 0.2) is 36.0 Å². The van der Waals surface area contributed by atoms with E-state index in [1.54, 1.807) is 24.6 Å². The number of thiazole rings is 1. The lowest BCUT2D eigenvalue weighted by atomic mass is 10.2. The van der Waals surface area contributed by atoms with Crippen LogP contribution in [-0.2, 0) is 0 Å². The van der Waals surface area contributed by atoms with E-state index in [0.29, 0.717) is 11.4 Å². The summed E-state index contributed by atoms with van der Waals surface area (Å²) in [6.07, 6.45) is 1.58.